The van der Waals surface area contributed by atoms with Gasteiger partial charge in [0.1, 0.15) is 70.6 Å². The molecule has 178 valence electrons. The van der Waals surface area contributed by atoms with Crippen LogP contribution in [0.4, 0.5) is 5.69 Å². The van der Waals surface area contributed by atoms with Gasteiger partial charge in [0.15, 0.2) is 0 Å². The first-order chi connectivity index (χ1) is 20.5. The highest BCUT2D eigenvalue weighted by Gasteiger charge is 2.28. The molecule has 0 atom stereocenters. The monoisotopic (exact) mass is 528 g/mol. The molecule has 7 aromatic rings. The number of hydrogen-bond acceptors (Lipinski definition) is 2. The number of hydrogen-bond donors (Lipinski definition) is 0. The summed E-state index contributed by atoms with van der Waals surface area (Å²) in [4.78, 5) is 11.7. The van der Waals surface area contributed by atoms with E-state index in [-0.39, 0.29) is 54.7 Å². The van der Waals surface area contributed by atoms with Crippen molar-refractivity contribution < 1.29 is 4.92 Å². The van der Waals surface area contributed by atoms with E-state index in [4.69, 9.17) is 70.6 Å². The first-order valence-corrected chi connectivity index (χ1v) is 13.1. The quantitative estimate of drug-likeness (QED) is 0.142. The zero-order chi connectivity index (χ0) is 30.6. The molecule has 7 rings (SSSR count). The van der Waals surface area contributed by atoms with Gasteiger partial charge < -0.3 is 4.40 Å². The van der Waals surface area contributed by atoms with E-state index in [9.17, 15) is 10.1 Å². The Morgan fingerprint density at radius 3 is 1.60 bits per heavy atom. The first kappa shape index (κ1) is 27.7. The molecule has 5 aromatic carbocycles. The second-order valence-electron chi connectivity index (χ2n) is 10.5. The maximum Gasteiger partial charge on any atom is 0.268 e. The molecule has 0 aliphatic carbocycles. The smallest absolute Gasteiger partial charge is 0.268 e. The Kier molecular flexibility index (Phi) is 6.08. The van der Waals surface area contributed by atoms with Crippen molar-refractivity contribution in [1.82, 2.24) is 4.40 Å². The molecule has 0 amide bonds. The Balaban J connectivity index is 1.71. The van der Waals surface area contributed by atoms with Gasteiger partial charge in [-0.15, -0.1) is 27.3 Å². The van der Waals surface area contributed by atoms with Crippen LogP contribution in [-0.2, 0) is 0 Å². The number of para-hydroxylation sites is 2. The van der Waals surface area contributed by atoms with E-state index in [1.54, 1.807) is 12.1 Å². The van der Waals surface area contributed by atoms with Gasteiger partial charge in [-0.25, -0.2) is 0 Å². The lowest BCUT2D eigenvalue weighted by Crippen LogP contribution is -2.55. The van der Waals surface area contributed by atoms with E-state index in [0.717, 1.165) is 32.7 Å². The Labute approximate surface area is 259 Å². The molecule has 0 spiro atoms. The van der Waals surface area contributed by atoms with Crippen LogP contribution >= 0.6 is 0 Å². The van der Waals surface area contributed by atoms with Gasteiger partial charge in [0.2, 0.25) is 0 Å². The van der Waals surface area contributed by atoms with Crippen molar-refractivity contribution >= 4 is 164 Å². The Hall–Kier alpha value is -4.12. The molecule has 0 saturated carbocycles. The fourth-order valence-electron chi connectivity index (χ4n) is 6.39. The minimum atomic E-state index is -0.596. The third-order valence-corrected chi connectivity index (χ3v) is 8.41. The van der Waals surface area contributed by atoms with Gasteiger partial charge in [-0.1, -0.05) is 64.9 Å². The summed E-state index contributed by atoms with van der Waals surface area (Å²) >= 11 is 0. The molecule has 0 N–H and O–H groups in total. The van der Waals surface area contributed by atoms with E-state index >= 15 is 0 Å². The summed E-state index contributed by atoms with van der Waals surface area (Å²) in [6.45, 7) is 0. The maximum atomic E-state index is 12.3. The third-order valence-electron chi connectivity index (χ3n) is 8.41. The lowest BCUT2D eigenvalue weighted by atomic mass is 9.59. The van der Waals surface area contributed by atoms with Crippen LogP contribution in [0.5, 0.6) is 0 Å². The topological polar surface area (TPSA) is 47.5 Å². The second-order valence-corrected chi connectivity index (χ2v) is 10.5. The average Bonchev–Trinajstić information content (AvgIpc) is 3.52. The summed E-state index contributed by atoms with van der Waals surface area (Å²) in [5, 5.41) is 15.7. The molecule has 4 nitrogen and oxygen atoms in total. The SMILES string of the molecule is [B]c1c([B])c([B])c(-c2cccc3c4cccc5c6c(-c7c([B])c([B])c([B])c([B])c7[N+](=O)[O-])cccc6n(c23)c45)c([B])c1[B]. The molecule has 18 radical (unpaired) electrons. The molecule has 0 saturated heterocycles. The van der Waals surface area contributed by atoms with Crippen LogP contribution in [0.15, 0.2) is 54.6 Å². The van der Waals surface area contributed by atoms with E-state index in [0.29, 0.717) is 22.1 Å². The van der Waals surface area contributed by atoms with Crippen LogP contribution in [-0.4, -0.2) is 79.9 Å². The minimum absolute atomic E-state index is 0.0243. The van der Waals surface area contributed by atoms with Crippen molar-refractivity contribution in [1.29, 1.82) is 0 Å². The number of nitrogens with zero attached hydrogens (tertiary/aromatic N) is 2. The van der Waals surface area contributed by atoms with Crippen molar-refractivity contribution in [3.05, 3.63) is 64.7 Å². The maximum absolute atomic E-state index is 12.3. The fourth-order valence-corrected chi connectivity index (χ4v) is 6.39. The Bertz CT molecular complexity index is 2350. The number of nitro groups is 1. The van der Waals surface area contributed by atoms with Gasteiger partial charge in [0, 0.05) is 27.1 Å². The summed E-state index contributed by atoms with van der Waals surface area (Å²) in [6, 6.07) is 17.1. The molecule has 0 bridgehead atoms. The van der Waals surface area contributed by atoms with Gasteiger partial charge in [-0.3, -0.25) is 10.1 Å². The number of aromatic nitrogens is 1. The molecule has 0 aliphatic rings. The van der Waals surface area contributed by atoms with Crippen LogP contribution in [0, 0.1) is 10.1 Å². The summed E-state index contributed by atoms with van der Waals surface area (Å²) in [7, 11) is 56.4. The largest absolute Gasteiger partial charge is 0.307 e. The molecular formula is C30H9B9N2O2. The number of benzene rings is 5. The highest BCUT2D eigenvalue weighted by Crippen LogP contribution is 2.45. The predicted octanol–water partition coefficient (Wildman–Crippen LogP) is -2.78. The zero-order valence-electron chi connectivity index (χ0n) is 22.6. The molecule has 43 heavy (non-hydrogen) atoms. The van der Waals surface area contributed by atoms with Crippen molar-refractivity contribution in [2.45, 2.75) is 0 Å². The van der Waals surface area contributed by atoms with Crippen molar-refractivity contribution in [2.24, 2.45) is 0 Å². The number of fused-ring (bicyclic) bond motifs is 6. The normalized spacial score (nSPS) is 11.8. The van der Waals surface area contributed by atoms with Crippen LogP contribution in [0.2, 0.25) is 0 Å². The first-order valence-electron chi connectivity index (χ1n) is 13.1. The highest BCUT2D eigenvalue weighted by atomic mass is 16.6. The van der Waals surface area contributed by atoms with Gasteiger partial charge in [0.05, 0.1) is 27.0 Å². The molecule has 2 heterocycles. The highest BCUT2D eigenvalue weighted by molar-refractivity contribution is 6.69. The van der Waals surface area contributed by atoms with E-state index in [1.807, 2.05) is 42.5 Å². The Morgan fingerprint density at radius 2 is 0.977 bits per heavy atom. The number of nitro benzene ring substituents is 1. The van der Waals surface area contributed by atoms with Gasteiger partial charge in [-0.2, -0.15) is 0 Å². The summed E-state index contributed by atoms with van der Waals surface area (Å²) in [5.74, 6) is 0. The van der Waals surface area contributed by atoms with Gasteiger partial charge in [-0.05, 0) is 22.7 Å². The molecule has 0 unspecified atom stereocenters. The van der Waals surface area contributed by atoms with Crippen LogP contribution in [0.3, 0.4) is 0 Å². The lowest BCUT2D eigenvalue weighted by molar-refractivity contribution is -0.382. The molecular weight excluding hydrogens is 518 g/mol. The summed E-state index contributed by atoms with van der Waals surface area (Å²) in [6.07, 6.45) is 0. The van der Waals surface area contributed by atoms with Gasteiger partial charge in [0.25, 0.3) is 5.69 Å². The van der Waals surface area contributed by atoms with E-state index in [1.165, 1.54) is 0 Å². The second kappa shape index (κ2) is 9.44. The standard InChI is InChI=1S/C30H9B9N2O2/c31-19-17(20(32)23(35)25(37)22(19)34)14-8-2-5-11-10-4-1-7-13-16-12(6-3-9-15(16)40(28(10)13)29(11)14)18-21(33)24(36)26(38)27(39)30(18)41(42)43/h1-9H. The predicted molar refractivity (Wildman–Crippen MR) is 187 cm³/mol. The third kappa shape index (κ3) is 3.51. The van der Waals surface area contributed by atoms with Crippen LogP contribution in [0.1, 0.15) is 0 Å². The summed E-state index contributed by atoms with van der Waals surface area (Å²) < 4.78 is 2.07. The minimum Gasteiger partial charge on any atom is -0.307 e. The zero-order valence-corrected chi connectivity index (χ0v) is 22.6. The molecule has 13 heteroatoms. The fraction of sp³-hybridized carbons (Fsp3) is 0. The lowest BCUT2D eigenvalue weighted by Gasteiger charge is -2.22. The van der Waals surface area contributed by atoms with Crippen molar-refractivity contribution in [3.8, 4) is 22.3 Å². The average molecular weight is 527 g/mol. The molecule has 0 fully saturated rings. The van der Waals surface area contributed by atoms with E-state index < -0.39 is 10.6 Å². The Morgan fingerprint density at radius 1 is 0.512 bits per heavy atom. The summed E-state index contributed by atoms with van der Waals surface area (Å²) in [5.41, 5.74) is 4.04. The van der Waals surface area contributed by atoms with Crippen molar-refractivity contribution in [3.63, 3.8) is 0 Å². The van der Waals surface area contributed by atoms with Crippen molar-refractivity contribution in [2.75, 3.05) is 0 Å². The molecule has 0 aliphatic heterocycles. The molecule has 2 aromatic heterocycles. The van der Waals surface area contributed by atoms with E-state index in [2.05, 4.69) is 4.40 Å². The van der Waals surface area contributed by atoms with Crippen LogP contribution in [0.25, 0.3) is 60.3 Å². The number of rotatable bonds is 3. The van der Waals surface area contributed by atoms with Gasteiger partial charge >= 0.3 is 0 Å². The van der Waals surface area contributed by atoms with Crippen LogP contribution < -0.4 is 49.2 Å².